The van der Waals surface area contributed by atoms with Crippen LogP contribution in [0, 0.1) is 0 Å². The summed E-state index contributed by atoms with van der Waals surface area (Å²) >= 11 is 0. The van der Waals surface area contributed by atoms with Crippen LogP contribution in [0.1, 0.15) is 5.56 Å². The fourth-order valence-corrected chi connectivity index (χ4v) is 5.90. The highest BCUT2D eigenvalue weighted by Gasteiger charge is 2.17. The highest BCUT2D eigenvalue weighted by atomic mass is 16.5. The lowest BCUT2D eigenvalue weighted by atomic mass is 9.95. The molecule has 0 saturated heterocycles. The first-order valence-electron chi connectivity index (χ1n) is 14.8. The lowest BCUT2D eigenvalue weighted by molar-refractivity contribution is 0.341. The van der Waals surface area contributed by atoms with Crippen LogP contribution in [0.5, 0.6) is 0 Å². The van der Waals surface area contributed by atoms with Crippen LogP contribution in [0.3, 0.4) is 0 Å². The fraction of sp³-hybridized carbons (Fsp3) is 0.0250. The second-order valence-electron chi connectivity index (χ2n) is 10.9. The Balaban J connectivity index is 1.33. The Morgan fingerprint density at radius 2 is 1.20 bits per heavy atom. The summed E-state index contributed by atoms with van der Waals surface area (Å²) in [5.74, 6) is 1.85. The molecular formula is C40H27N3O2. The third-order valence-corrected chi connectivity index (χ3v) is 8.06. The third-order valence-electron chi connectivity index (χ3n) is 8.06. The Morgan fingerprint density at radius 1 is 0.533 bits per heavy atom. The van der Waals surface area contributed by atoms with Gasteiger partial charge in [-0.25, -0.2) is 15.0 Å². The van der Waals surface area contributed by atoms with E-state index in [9.17, 15) is 0 Å². The molecule has 0 fully saturated rings. The van der Waals surface area contributed by atoms with E-state index >= 15 is 0 Å². The molecule has 214 valence electrons. The van der Waals surface area contributed by atoms with Gasteiger partial charge in [0.15, 0.2) is 17.5 Å². The van der Waals surface area contributed by atoms with Crippen molar-refractivity contribution in [2.45, 2.75) is 0 Å². The molecule has 2 aromatic heterocycles. The minimum atomic E-state index is 0.601. The van der Waals surface area contributed by atoms with Crippen LogP contribution in [0.2, 0.25) is 0 Å². The van der Waals surface area contributed by atoms with E-state index in [0.717, 1.165) is 60.7 Å². The van der Waals surface area contributed by atoms with E-state index in [1.165, 1.54) is 5.39 Å². The number of ether oxygens (including phenoxy) is 1. The number of benzene rings is 6. The molecule has 0 aliphatic rings. The zero-order chi connectivity index (χ0) is 30.2. The van der Waals surface area contributed by atoms with Crippen LogP contribution in [-0.4, -0.2) is 22.1 Å². The summed E-state index contributed by atoms with van der Waals surface area (Å²) < 4.78 is 11.6. The molecule has 2 heterocycles. The van der Waals surface area contributed by atoms with Gasteiger partial charge in [0.05, 0.1) is 13.4 Å². The predicted octanol–water partition coefficient (Wildman–Crippen LogP) is 10.2. The number of rotatable bonds is 6. The summed E-state index contributed by atoms with van der Waals surface area (Å²) in [6.07, 6.45) is 3.68. The van der Waals surface area contributed by atoms with Gasteiger partial charge in [-0.15, -0.1) is 0 Å². The minimum Gasteiger partial charge on any atom is -0.504 e. The van der Waals surface area contributed by atoms with Crippen LogP contribution in [-0.2, 0) is 4.74 Å². The molecule has 0 spiro atoms. The van der Waals surface area contributed by atoms with Crippen LogP contribution in [0.15, 0.2) is 144 Å². The highest BCUT2D eigenvalue weighted by molar-refractivity contribution is 6.13. The molecule has 0 atom stereocenters. The summed E-state index contributed by atoms with van der Waals surface area (Å²) in [6, 6.07) is 45.3. The molecule has 0 N–H and O–H groups in total. The van der Waals surface area contributed by atoms with Gasteiger partial charge in [-0.05, 0) is 63.9 Å². The topological polar surface area (TPSA) is 61.0 Å². The zero-order valence-electron chi connectivity index (χ0n) is 24.5. The van der Waals surface area contributed by atoms with Crippen molar-refractivity contribution in [2.24, 2.45) is 0 Å². The maximum atomic E-state index is 6.36. The quantitative estimate of drug-likeness (QED) is 0.183. The Bertz CT molecular complexity index is 2370. The molecule has 0 amide bonds. The Kier molecular flexibility index (Phi) is 6.61. The number of methoxy groups -OCH3 is 1. The molecule has 5 heteroatoms. The minimum absolute atomic E-state index is 0.601. The lowest BCUT2D eigenvalue weighted by Crippen LogP contribution is -2.00. The van der Waals surface area contributed by atoms with Gasteiger partial charge < -0.3 is 9.15 Å². The first-order chi connectivity index (χ1) is 22.2. The number of fused-ring (bicyclic) bond motifs is 4. The maximum absolute atomic E-state index is 6.36. The van der Waals surface area contributed by atoms with Crippen molar-refractivity contribution >= 4 is 38.8 Å². The summed E-state index contributed by atoms with van der Waals surface area (Å²) in [5.41, 5.74) is 7.61. The smallest absolute Gasteiger partial charge is 0.164 e. The number of hydrogen-bond acceptors (Lipinski definition) is 5. The summed E-state index contributed by atoms with van der Waals surface area (Å²) in [7, 11) is 1.65. The molecule has 0 radical (unpaired) electrons. The van der Waals surface area contributed by atoms with Gasteiger partial charge >= 0.3 is 0 Å². The van der Waals surface area contributed by atoms with E-state index in [1.807, 2.05) is 78.9 Å². The van der Waals surface area contributed by atoms with E-state index in [0.29, 0.717) is 17.5 Å². The third kappa shape index (κ3) is 4.90. The van der Waals surface area contributed by atoms with E-state index < -0.39 is 0 Å². The van der Waals surface area contributed by atoms with Crippen molar-refractivity contribution in [1.82, 2.24) is 15.0 Å². The van der Waals surface area contributed by atoms with Gasteiger partial charge in [-0.1, -0.05) is 103 Å². The monoisotopic (exact) mass is 581 g/mol. The lowest BCUT2D eigenvalue weighted by Gasteiger charge is -2.10. The maximum Gasteiger partial charge on any atom is 0.164 e. The summed E-state index contributed by atoms with van der Waals surface area (Å²) in [6.45, 7) is 0. The van der Waals surface area contributed by atoms with Crippen molar-refractivity contribution < 1.29 is 9.15 Å². The summed E-state index contributed by atoms with van der Waals surface area (Å²) in [5, 5.41) is 4.35. The van der Waals surface area contributed by atoms with E-state index in [-0.39, 0.29) is 0 Å². The Labute approximate surface area is 260 Å². The number of aromatic nitrogens is 3. The molecule has 6 aromatic carbocycles. The molecule has 0 unspecified atom stereocenters. The molecule has 8 rings (SSSR count). The first-order valence-corrected chi connectivity index (χ1v) is 14.8. The molecule has 0 aliphatic carbocycles. The zero-order valence-corrected chi connectivity index (χ0v) is 24.5. The van der Waals surface area contributed by atoms with E-state index in [1.54, 1.807) is 13.4 Å². The molecular weight excluding hydrogens is 554 g/mol. The van der Waals surface area contributed by atoms with Crippen LogP contribution >= 0.6 is 0 Å². The molecule has 8 aromatic rings. The van der Waals surface area contributed by atoms with Crippen LogP contribution in [0.25, 0.3) is 84.1 Å². The van der Waals surface area contributed by atoms with Crippen molar-refractivity contribution in [2.75, 3.05) is 7.11 Å². The van der Waals surface area contributed by atoms with Gasteiger partial charge in [-0.3, -0.25) is 0 Å². The molecule has 0 aliphatic heterocycles. The molecule has 0 saturated carbocycles. The largest absolute Gasteiger partial charge is 0.504 e. The Morgan fingerprint density at radius 3 is 2.02 bits per heavy atom. The van der Waals surface area contributed by atoms with Gasteiger partial charge in [0.1, 0.15) is 11.2 Å². The van der Waals surface area contributed by atoms with Crippen molar-refractivity contribution in [3.63, 3.8) is 0 Å². The average Bonchev–Trinajstić information content (AvgIpc) is 3.49. The predicted molar refractivity (Wildman–Crippen MR) is 182 cm³/mol. The number of hydrogen-bond donors (Lipinski definition) is 0. The van der Waals surface area contributed by atoms with Gasteiger partial charge in [0, 0.05) is 27.5 Å². The molecule has 5 nitrogen and oxygen atoms in total. The van der Waals surface area contributed by atoms with E-state index in [4.69, 9.17) is 24.1 Å². The second kappa shape index (κ2) is 11.2. The van der Waals surface area contributed by atoms with Crippen molar-refractivity contribution in [3.8, 4) is 45.3 Å². The van der Waals surface area contributed by atoms with Gasteiger partial charge in [0.2, 0.25) is 0 Å². The summed E-state index contributed by atoms with van der Waals surface area (Å²) in [4.78, 5) is 15.0. The highest BCUT2D eigenvalue weighted by Crippen LogP contribution is 2.39. The standard InChI is InChI=1S/C40H27N3O2/c1-44-23-22-27-11-7-8-15-32(27)33-16-9-17-36-37(33)34-25-31(20-21-35(34)45-36)40-42-38(28-12-3-2-4-13-28)41-39(43-40)30-19-18-26-10-5-6-14-29(26)24-30/h2-25H,1H3/b23-22+. The Hall–Kier alpha value is -6.07. The molecule has 45 heavy (non-hydrogen) atoms. The van der Waals surface area contributed by atoms with Crippen molar-refractivity contribution in [1.29, 1.82) is 0 Å². The van der Waals surface area contributed by atoms with E-state index in [2.05, 4.69) is 60.7 Å². The number of nitrogens with zero attached hydrogens (tertiary/aromatic N) is 3. The first kappa shape index (κ1) is 26.5. The number of furan rings is 1. The second-order valence-corrected chi connectivity index (χ2v) is 10.9. The molecule has 0 bridgehead atoms. The van der Waals surface area contributed by atoms with Gasteiger partial charge in [-0.2, -0.15) is 0 Å². The fourth-order valence-electron chi connectivity index (χ4n) is 5.90. The normalized spacial score (nSPS) is 11.6. The van der Waals surface area contributed by atoms with Crippen molar-refractivity contribution in [3.05, 3.63) is 145 Å². The van der Waals surface area contributed by atoms with Gasteiger partial charge in [0.25, 0.3) is 0 Å². The van der Waals surface area contributed by atoms with Crippen LogP contribution in [0.4, 0.5) is 0 Å². The average molecular weight is 582 g/mol. The van der Waals surface area contributed by atoms with Crippen LogP contribution < -0.4 is 0 Å². The SMILES string of the molecule is CO/C=C/c1ccccc1-c1cccc2oc3ccc(-c4nc(-c5ccccc5)nc(-c5ccc6ccccc6c5)n4)cc3c12.